The van der Waals surface area contributed by atoms with Crippen molar-refractivity contribution in [3.05, 3.63) is 18.2 Å². The Balaban J connectivity index is 2.09. The van der Waals surface area contributed by atoms with E-state index in [1.807, 2.05) is 12.1 Å². The molecule has 0 spiro atoms. The second kappa shape index (κ2) is 7.90. The van der Waals surface area contributed by atoms with Gasteiger partial charge < -0.3 is 18.6 Å². The zero-order valence-corrected chi connectivity index (χ0v) is 13.1. The fraction of sp³-hybridized carbons (Fsp3) is 0.429. The minimum absolute atomic E-state index is 0.446. The minimum atomic E-state index is 0.446. The summed E-state index contributed by atoms with van der Waals surface area (Å²) >= 11 is 1.51. The smallest absolute Gasteiger partial charge is 0.276 e. The molecule has 2 rings (SSSR count). The molecule has 0 saturated heterocycles. The minimum Gasteiger partial charge on any atom is -0.497 e. The molecule has 114 valence electrons. The first kappa shape index (κ1) is 15.7. The molecule has 0 radical (unpaired) electrons. The van der Waals surface area contributed by atoms with Crippen LogP contribution in [0.3, 0.4) is 0 Å². The summed E-state index contributed by atoms with van der Waals surface area (Å²) in [6.07, 6.45) is 0.936. The predicted octanol–water partition coefficient (Wildman–Crippen LogP) is 2.88. The van der Waals surface area contributed by atoms with Crippen LogP contribution in [0.2, 0.25) is 0 Å². The molecule has 1 aromatic heterocycles. The zero-order valence-electron chi connectivity index (χ0n) is 12.3. The molecule has 7 heteroatoms. The van der Waals surface area contributed by atoms with E-state index in [9.17, 15) is 0 Å². The highest BCUT2D eigenvalue weighted by atomic mass is 32.2. The summed E-state index contributed by atoms with van der Waals surface area (Å²) in [5, 5.41) is 8.63. The van der Waals surface area contributed by atoms with Crippen LogP contribution < -0.4 is 9.47 Å². The van der Waals surface area contributed by atoms with E-state index in [2.05, 4.69) is 10.2 Å². The molecule has 6 nitrogen and oxygen atoms in total. The molecule has 0 aliphatic heterocycles. The first-order valence-electron chi connectivity index (χ1n) is 6.45. The van der Waals surface area contributed by atoms with Gasteiger partial charge in [-0.1, -0.05) is 11.8 Å². The van der Waals surface area contributed by atoms with E-state index < -0.39 is 0 Å². The summed E-state index contributed by atoms with van der Waals surface area (Å²) in [6.45, 7) is 0.723. The van der Waals surface area contributed by atoms with Crippen LogP contribution in [0, 0.1) is 0 Å². The van der Waals surface area contributed by atoms with Crippen molar-refractivity contribution in [3.8, 4) is 23.0 Å². The third kappa shape index (κ3) is 4.37. The Labute approximate surface area is 127 Å². The highest BCUT2D eigenvalue weighted by molar-refractivity contribution is 7.99. The van der Waals surface area contributed by atoms with Crippen LogP contribution in [0.4, 0.5) is 0 Å². The lowest BCUT2D eigenvalue weighted by Gasteiger charge is -2.05. The topological polar surface area (TPSA) is 66.6 Å². The third-order valence-electron chi connectivity index (χ3n) is 2.72. The summed E-state index contributed by atoms with van der Waals surface area (Å²) in [6, 6.07) is 5.45. The van der Waals surface area contributed by atoms with Gasteiger partial charge in [0, 0.05) is 31.1 Å². The van der Waals surface area contributed by atoms with Gasteiger partial charge in [-0.3, -0.25) is 0 Å². The second-order valence-corrected chi connectivity index (χ2v) is 5.22. The van der Waals surface area contributed by atoms with Gasteiger partial charge in [-0.2, -0.15) is 0 Å². The van der Waals surface area contributed by atoms with Crippen molar-refractivity contribution in [2.24, 2.45) is 0 Å². The zero-order chi connectivity index (χ0) is 15.1. The molecule has 0 bridgehead atoms. The van der Waals surface area contributed by atoms with Gasteiger partial charge in [0.25, 0.3) is 5.22 Å². The average molecular weight is 310 g/mol. The molecule has 0 atom stereocenters. The summed E-state index contributed by atoms with van der Waals surface area (Å²) in [5.74, 6) is 2.67. The van der Waals surface area contributed by atoms with Crippen LogP contribution in [0.25, 0.3) is 11.5 Å². The van der Waals surface area contributed by atoms with Gasteiger partial charge in [-0.25, -0.2) is 0 Å². The first-order chi connectivity index (χ1) is 10.3. The lowest BCUT2D eigenvalue weighted by atomic mass is 10.2. The van der Waals surface area contributed by atoms with E-state index in [1.54, 1.807) is 27.4 Å². The van der Waals surface area contributed by atoms with Gasteiger partial charge in [-0.05, 0) is 18.6 Å². The van der Waals surface area contributed by atoms with Crippen LogP contribution >= 0.6 is 11.8 Å². The highest BCUT2D eigenvalue weighted by Crippen LogP contribution is 2.30. The Morgan fingerprint density at radius 2 is 1.76 bits per heavy atom. The maximum absolute atomic E-state index is 5.64. The summed E-state index contributed by atoms with van der Waals surface area (Å²) in [5.41, 5.74) is 0.766. The van der Waals surface area contributed by atoms with E-state index >= 15 is 0 Å². The Morgan fingerprint density at radius 3 is 2.38 bits per heavy atom. The van der Waals surface area contributed by atoms with E-state index in [1.165, 1.54) is 11.8 Å². The third-order valence-corrected chi connectivity index (χ3v) is 3.63. The Morgan fingerprint density at radius 1 is 1.05 bits per heavy atom. The van der Waals surface area contributed by atoms with E-state index in [-0.39, 0.29) is 0 Å². The molecule has 0 aliphatic carbocycles. The number of hydrogen-bond donors (Lipinski definition) is 0. The van der Waals surface area contributed by atoms with Crippen molar-refractivity contribution in [1.82, 2.24) is 10.2 Å². The number of benzene rings is 1. The number of aromatic nitrogens is 2. The van der Waals surface area contributed by atoms with Crippen molar-refractivity contribution in [2.75, 3.05) is 33.7 Å². The van der Waals surface area contributed by atoms with Crippen molar-refractivity contribution in [1.29, 1.82) is 0 Å². The number of hydrogen-bond acceptors (Lipinski definition) is 7. The molecule has 0 fully saturated rings. The molecular weight excluding hydrogens is 292 g/mol. The van der Waals surface area contributed by atoms with Crippen molar-refractivity contribution >= 4 is 11.8 Å². The number of methoxy groups -OCH3 is 3. The summed E-state index contributed by atoms with van der Waals surface area (Å²) in [4.78, 5) is 0. The lowest BCUT2D eigenvalue weighted by molar-refractivity contribution is 0.200. The Hall–Kier alpha value is -1.73. The molecule has 0 amide bonds. The standard InChI is InChI=1S/C14H18N2O4S/c1-17-5-4-6-21-14-16-15-13(20-14)10-7-11(18-2)9-12(8-10)19-3/h7-9H,4-6H2,1-3H3. The maximum Gasteiger partial charge on any atom is 0.276 e. The lowest BCUT2D eigenvalue weighted by Crippen LogP contribution is -1.89. The Kier molecular flexibility index (Phi) is 5.89. The number of ether oxygens (including phenoxy) is 3. The quantitative estimate of drug-likeness (QED) is 0.548. The number of nitrogens with zero attached hydrogens (tertiary/aromatic N) is 2. The molecule has 0 saturated carbocycles. The number of rotatable bonds is 8. The van der Waals surface area contributed by atoms with Crippen LogP contribution in [0.15, 0.2) is 27.8 Å². The molecule has 2 aromatic rings. The van der Waals surface area contributed by atoms with Gasteiger partial charge in [0.2, 0.25) is 5.89 Å². The van der Waals surface area contributed by atoms with E-state index in [0.717, 1.165) is 24.3 Å². The molecule has 0 aliphatic rings. The highest BCUT2D eigenvalue weighted by Gasteiger charge is 2.11. The Bertz CT molecular complexity index is 552. The monoisotopic (exact) mass is 310 g/mol. The van der Waals surface area contributed by atoms with Crippen molar-refractivity contribution in [2.45, 2.75) is 11.6 Å². The summed E-state index contributed by atoms with van der Waals surface area (Å²) in [7, 11) is 4.89. The van der Waals surface area contributed by atoms with E-state index in [4.69, 9.17) is 18.6 Å². The fourth-order valence-corrected chi connectivity index (χ4v) is 2.35. The summed E-state index contributed by atoms with van der Waals surface area (Å²) < 4.78 is 21.1. The number of thioether (sulfide) groups is 1. The van der Waals surface area contributed by atoms with Crippen LogP contribution in [-0.2, 0) is 4.74 Å². The second-order valence-electron chi connectivity index (χ2n) is 4.17. The first-order valence-corrected chi connectivity index (χ1v) is 7.44. The fourth-order valence-electron chi connectivity index (χ4n) is 1.68. The molecule has 0 N–H and O–H groups in total. The maximum atomic E-state index is 5.64. The van der Waals surface area contributed by atoms with Crippen LogP contribution in [0.5, 0.6) is 11.5 Å². The van der Waals surface area contributed by atoms with E-state index in [0.29, 0.717) is 22.6 Å². The van der Waals surface area contributed by atoms with Crippen LogP contribution in [-0.4, -0.2) is 43.9 Å². The molecule has 0 unspecified atom stereocenters. The van der Waals surface area contributed by atoms with Crippen LogP contribution in [0.1, 0.15) is 6.42 Å². The predicted molar refractivity (Wildman–Crippen MR) is 80.1 cm³/mol. The van der Waals surface area contributed by atoms with Gasteiger partial charge in [0.05, 0.1) is 14.2 Å². The van der Waals surface area contributed by atoms with Gasteiger partial charge in [-0.15, -0.1) is 10.2 Å². The molecule has 21 heavy (non-hydrogen) atoms. The van der Waals surface area contributed by atoms with Crippen molar-refractivity contribution < 1.29 is 18.6 Å². The van der Waals surface area contributed by atoms with Gasteiger partial charge in [0.1, 0.15) is 11.5 Å². The van der Waals surface area contributed by atoms with Gasteiger partial charge >= 0.3 is 0 Å². The van der Waals surface area contributed by atoms with Gasteiger partial charge in [0.15, 0.2) is 0 Å². The largest absolute Gasteiger partial charge is 0.497 e. The molecule has 1 aromatic carbocycles. The molecule has 1 heterocycles. The average Bonchev–Trinajstić information content (AvgIpc) is 3.00. The van der Waals surface area contributed by atoms with Crippen molar-refractivity contribution in [3.63, 3.8) is 0 Å². The normalized spacial score (nSPS) is 10.6. The SMILES string of the molecule is COCCCSc1nnc(-c2cc(OC)cc(OC)c2)o1. The molecular formula is C14H18N2O4S.